The first-order valence-corrected chi connectivity index (χ1v) is 9.52. The molecule has 0 spiro atoms. The lowest BCUT2D eigenvalue weighted by Gasteiger charge is -2.34. The van der Waals surface area contributed by atoms with Crippen LogP contribution in [0.15, 0.2) is 48.5 Å². The molecule has 1 aliphatic rings. The largest absolute Gasteiger partial charge is 0.345 e. The van der Waals surface area contributed by atoms with Crippen molar-refractivity contribution in [2.45, 2.75) is 6.42 Å². The number of para-hydroxylation sites is 1. The summed E-state index contributed by atoms with van der Waals surface area (Å²) in [5.41, 5.74) is 1.93. The first-order chi connectivity index (χ1) is 12.2. The van der Waals surface area contributed by atoms with Gasteiger partial charge in [-0.25, -0.2) is 4.98 Å². The second kappa shape index (κ2) is 7.02. The smallest absolute Gasteiger partial charge is 0.227 e. The molecule has 4 nitrogen and oxygen atoms in total. The van der Waals surface area contributed by atoms with Crippen LogP contribution in [0.25, 0.3) is 10.2 Å². The highest BCUT2D eigenvalue weighted by Crippen LogP contribution is 2.33. The number of carbonyl (C=O) groups excluding carboxylic acids is 1. The summed E-state index contributed by atoms with van der Waals surface area (Å²) in [4.78, 5) is 21.3. The third-order valence-electron chi connectivity index (χ3n) is 4.46. The Labute approximate surface area is 155 Å². The van der Waals surface area contributed by atoms with Crippen molar-refractivity contribution in [3.05, 3.63) is 59.1 Å². The van der Waals surface area contributed by atoms with Gasteiger partial charge in [0.25, 0.3) is 0 Å². The van der Waals surface area contributed by atoms with E-state index >= 15 is 0 Å². The molecule has 1 saturated heterocycles. The fourth-order valence-corrected chi connectivity index (χ4v) is 4.38. The van der Waals surface area contributed by atoms with Crippen LogP contribution in [0.2, 0.25) is 5.02 Å². The fourth-order valence-electron chi connectivity index (χ4n) is 3.07. The lowest BCUT2D eigenvalue weighted by Crippen LogP contribution is -2.49. The topological polar surface area (TPSA) is 36.4 Å². The molecule has 0 unspecified atom stereocenters. The molecule has 2 aromatic carbocycles. The van der Waals surface area contributed by atoms with Gasteiger partial charge in [0.05, 0.1) is 16.1 Å². The van der Waals surface area contributed by atoms with Gasteiger partial charge in [-0.15, -0.1) is 0 Å². The van der Waals surface area contributed by atoms with E-state index < -0.39 is 0 Å². The van der Waals surface area contributed by atoms with E-state index in [1.165, 1.54) is 0 Å². The van der Waals surface area contributed by atoms with Crippen molar-refractivity contribution in [1.82, 2.24) is 9.88 Å². The molecular formula is C19H18ClN3OS. The van der Waals surface area contributed by atoms with E-state index in [4.69, 9.17) is 11.6 Å². The summed E-state index contributed by atoms with van der Waals surface area (Å²) < 4.78 is 1.10. The van der Waals surface area contributed by atoms with E-state index in [2.05, 4.69) is 9.88 Å². The second-order valence-electron chi connectivity index (χ2n) is 6.11. The standard InChI is InChI=1S/C19H18ClN3OS/c20-15-7-4-8-16-18(15)21-19(25-16)23-11-9-22(10-12-23)17(24)13-14-5-2-1-3-6-14/h1-8H,9-13H2. The molecule has 1 aromatic heterocycles. The molecule has 1 amide bonds. The summed E-state index contributed by atoms with van der Waals surface area (Å²) >= 11 is 7.88. The highest BCUT2D eigenvalue weighted by Gasteiger charge is 2.23. The van der Waals surface area contributed by atoms with Gasteiger partial charge in [-0.1, -0.05) is 59.3 Å². The Bertz CT molecular complexity index is 888. The van der Waals surface area contributed by atoms with Gasteiger partial charge in [0.1, 0.15) is 5.52 Å². The summed E-state index contributed by atoms with van der Waals surface area (Å²) in [6.45, 7) is 3.07. The van der Waals surface area contributed by atoms with Crippen molar-refractivity contribution in [3.8, 4) is 0 Å². The van der Waals surface area contributed by atoms with E-state index in [0.29, 0.717) is 11.4 Å². The molecule has 4 rings (SSSR count). The molecule has 3 aromatic rings. The first-order valence-electron chi connectivity index (χ1n) is 8.32. The van der Waals surface area contributed by atoms with Crippen LogP contribution in [0.1, 0.15) is 5.56 Å². The van der Waals surface area contributed by atoms with Gasteiger partial charge in [0.2, 0.25) is 5.91 Å². The predicted octanol–water partition coefficient (Wildman–Crippen LogP) is 3.84. The zero-order valence-electron chi connectivity index (χ0n) is 13.7. The van der Waals surface area contributed by atoms with E-state index in [9.17, 15) is 4.79 Å². The fraction of sp³-hybridized carbons (Fsp3) is 0.263. The molecule has 0 N–H and O–H groups in total. The number of aromatic nitrogens is 1. The monoisotopic (exact) mass is 371 g/mol. The molecule has 2 heterocycles. The molecular weight excluding hydrogens is 354 g/mol. The predicted molar refractivity (Wildman–Crippen MR) is 104 cm³/mol. The van der Waals surface area contributed by atoms with Gasteiger partial charge in [0.15, 0.2) is 5.13 Å². The number of amides is 1. The maximum absolute atomic E-state index is 12.5. The summed E-state index contributed by atoms with van der Waals surface area (Å²) in [5.74, 6) is 0.193. The van der Waals surface area contributed by atoms with E-state index in [-0.39, 0.29) is 5.91 Å². The molecule has 1 aliphatic heterocycles. The SMILES string of the molecule is O=C(Cc1ccccc1)N1CCN(c2nc3c(Cl)cccc3s2)CC1. The average Bonchev–Trinajstić information content (AvgIpc) is 3.08. The van der Waals surface area contributed by atoms with Crippen LogP contribution in [-0.4, -0.2) is 42.0 Å². The number of piperazine rings is 1. The number of anilines is 1. The van der Waals surface area contributed by atoms with Crippen LogP contribution in [0.4, 0.5) is 5.13 Å². The Morgan fingerprint density at radius 3 is 2.52 bits per heavy atom. The quantitative estimate of drug-likeness (QED) is 0.701. The number of rotatable bonds is 3. The number of carbonyl (C=O) groups is 1. The van der Waals surface area contributed by atoms with Crippen LogP contribution in [-0.2, 0) is 11.2 Å². The number of nitrogens with zero attached hydrogens (tertiary/aromatic N) is 3. The highest BCUT2D eigenvalue weighted by atomic mass is 35.5. The molecule has 1 fully saturated rings. The summed E-state index contributed by atoms with van der Waals surface area (Å²) in [6, 6.07) is 15.8. The van der Waals surface area contributed by atoms with Crippen molar-refractivity contribution >= 4 is 44.2 Å². The number of hydrogen-bond acceptors (Lipinski definition) is 4. The number of hydrogen-bond donors (Lipinski definition) is 0. The Morgan fingerprint density at radius 2 is 1.80 bits per heavy atom. The van der Waals surface area contributed by atoms with Crippen LogP contribution >= 0.6 is 22.9 Å². The third kappa shape index (κ3) is 3.48. The van der Waals surface area contributed by atoms with Crippen molar-refractivity contribution in [3.63, 3.8) is 0 Å². The lowest BCUT2D eigenvalue weighted by molar-refractivity contribution is -0.130. The Hall–Kier alpha value is -2.11. The highest BCUT2D eigenvalue weighted by molar-refractivity contribution is 7.22. The van der Waals surface area contributed by atoms with Crippen LogP contribution in [0, 0.1) is 0 Å². The van der Waals surface area contributed by atoms with Crippen molar-refractivity contribution in [1.29, 1.82) is 0 Å². The molecule has 0 bridgehead atoms. The van der Waals surface area contributed by atoms with Crippen LogP contribution < -0.4 is 4.90 Å². The van der Waals surface area contributed by atoms with E-state index in [0.717, 1.165) is 47.1 Å². The number of halogens is 1. The van der Waals surface area contributed by atoms with Gasteiger partial charge in [-0.3, -0.25) is 4.79 Å². The Balaban J connectivity index is 1.40. The molecule has 0 saturated carbocycles. The van der Waals surface area contributed by atoms with Gasteiger partial charge in [-0.2, -0.15) is 0 Å². The van der Waals surface area contributed by atoms with Crippen LogP contribution in [0.5, 0.6) is 0 Å². The van der Waals surface area contributed by atoms with Gasteiger partial charge >= 0.3 is 0 Å². The molecule has 0 radical (unpaired) electrons. The van der Waals surface area contributed by atoms with Crippen molar-refractivity contribution in [2.75, 3.05) is 31.1 Å². The van der Waals surface area contributed by atoms with Gasteiger partial charge in [0, 0.05) is 26.2 Å². The lowest BCUT2D eigenvalue weighted by atomic mass is 10.1. The van der Waals surface area contributed by atoms with Crippen LogP contribution in [0.3, 0.4) is 0 Å². The first kappa shape index (κ1) is 16.4. The van der Waals surface area contributed by atoms with E-state index in [1.54, 1.807) is 11.3 Å². The minimum absolute atomic E-state index is 0.193. The minimum atomic E-state index is 0.193. The number of fused-ring (bicyclic) bond motifs is 1. The Morgan fingerprint density at radius 1 is 1.04 bits per heavy atom. The van der Waals surface area contributed by atoms with Gasteiger partial charge in [-0.05, 0) is 17.7 Å². The molecule has 0 aliphatic carbocycles. The summed E-state index contributed by atoms with van der Waals surface area (Å²) in [5, 5.41) is 1.68. The second-order valence-corrected chi connectivity index (χ2v) is 7.53. The summed E-state index contributed by atoms with van der Waals surface area (Å²) in [6.07, 6.45) is 0.470. The molecule has 0 atom stereocenters. The molecule has 25 heavy (non-hydrogen) atoms. The van der Waals surface area contributed by atoms with E-state index in [1.807, 2.05) is 53.4 Å². The summed E-state index contributed by atoms with van der Waals surface area (Å²) in [7, 11) is 0. The number of thiazole rings is 1. The zero-order valence-corrected chi connectivity index (χ0v) is 15.3. The zero-order chi connectivity index (χ0) is 17.2. The normalized spacial score (nSPS) is 14.9. The van der Waals surface area contributed by atoms with Crippen molar-refractivity contribution in [2.24, 2.45) is 0 Å². The maximum atomic E-state index is 12.5. The molecule has 128 valence electrons. The third-order valence-corrected chi connectivity index (χ3v) is 5.85. The average molecular weight is 372 g/mol. The Kier molecular flexibility index (Phi) is 4.59. The van der Waals surface area contributed by atoms with Gasteiger partial charge < -0.3 is 9.80 Å². The molecule has 6 heteroatoms. The minimum Gasteiger partial charge on any atom is -0.345 e. The number of benzene rings is 2. The maximum Gasteiger partial charge on any atom is 0.227 e. The van der Waals surface area contributed by atoms with Crippen molar-refractivity contribution < 1.29 is 4.79 Å².